The van der Waals surface area contributed by atoms with Gasteiger partial charge in [0.15, 0.2) is 5.75 Å². The van der Waals surface area contributed by atoms with E-state index in [2.05, 4.69) is 25.0 Å². The van der Waals surface area contributed by atoms with Crippen molar-refractivity contribution in [2.24, 2.45) is 0 Å². The van der Waals surface area contributed by atoms with Crippen LogP contribution in [0.4, 0.5) is 30.4 Å². The number of anilines is 2. The standard InChI is InChI=1S/C21H14F3N5O4/c1-12-5-6-13-3-2-4-16(17(13)27-12)32-20-18(29(30)31)19(25-11-26-20)28-14-7-9-15(10-8-14)33-21(22,23)24/h2-11H,1H3,(H,25,26,28). The molecule has 33 heavy (non-hydrogen) atoms. The zero-order valence-electron chi connectivity index (χ0n) is 16.8. The number of rotatable bonds is 6. The van der Waals surface area contributed by atoms with E-state index < -0.39 is 22.7 Å². The Hall–Kier alpha value is -4.48. The number of nitrogens with one attached hydrogen (secondary N) is 1. The van der Waals surface area contributed by atoms with E-state index in [-0.39, 0.29) is 23.1 Å². The number of aromatic nitrogens is 3. The van der Waals surface area contributed by atoms with Gasteiger partial charge in [-0.05, 0) is 43.3 Å². The third-order valence-electron chi connectivity index (χ3n) is 4.35. The maximum atomic E-state index is 12.3. The lowest BCUT2D eigenvalue weighted by molar-refractivity contribution is -0.385. The average Bonchev–Trinajstić information content (AvgIpc) is 2.74. The van der Waals surface area contributed by atoms with Gasteiger partial charge in [-0.25, -0.2) is 9.97 Å². The van der Waals surface area contributed by atoms with Crippen molar-refractivity contribution in [2.75, 3.05) is 5.32 Å². The van der Waals surface area contributed by atoms with Crippen LogP contribution in [0.15, 0.2) is 60.9 Å². The van der Waals surface area contributed by atoms with E-state index in [0.717, 1.165) is 29.5 Å². The summed E-state index contributed by atoms with van der Waals surface area (Å²) in [5.74, 6) is -0.713. The first-order chi connectivity index (χ1) is 15.7. The van der Waals surface area contributed by atoms with E-state index in [1.807, 2.05) is 18.2 Å². The lowest BCUT2D eigenvalue weighted by atomic mass is 10.2. The highest BCUT2D eigenvalue weighted by molar-refractivity contribution is 5.85. The zero-order chi connectivity index (χ0) is 23.6. The van der Waals surface area contributed by atoms with Crippen LogP contribution in [0.3, 0.4) is 0 Å². The second-order valence-electron chi connectivity index (χ2n) is 6.71. The van der Waals surface area contributed by atoms with Crippen LogP contribution >= 0.6 is 0 Å². The summed E-state index contributed by atoms with van der Waals surface area (Å²) in [6.07, 6.45) is -3.77. The summed E-state index contributed by atoms with van der Waals surface area (Å²) in [7, 11) is 0. The van der Waals surface area contributed by atoms with Gasteiger partial charge in [0.05, 0.1) is 4.92 Å². The molecule has 0 fully saturated rings. The molecule has 0 spiro atoms. The fourth-order valence-electron chi connectivity index (χ4n) is 2.97. The summed E-state index contributed by atoms with van der Waals surface area (Å²) in [5, 5.41) is 15.3. The highest BCUT2D eigenvalue weighted by Gasteiger charge is 2.31. The SMILES string of the molecule is Cc1ccc2cccc(Oc3ncnc(Nc4ccc(OC(F)(F)F)cc4)c3[N+](=O)[O-])c2n1. The van der Waals surface area contributed by atoms with Gasteiger partial charge >= 0.3 is 17.9 Å². The largest absolute Gasteiger partial charge is 0.573 e. The van der Waals surface area contributed by atoms with Gasteiger partial charge in [-0.15, -0.1) is 13.2 Å². The zero-order valence-corrected chi connectivity index (χ0v) is 16.8. The molecule has 2 aromatic carbocycles. The second kappa shape index (κ2) is 8.57. The van der Waals surface area contributed by atoms with Crippen molar-refractivity contribution in [1.29, 1.82) is 0 Å². The summed E-state index contributed by atoms with van der Waals surface area (Å²) in [4.78, 5) is 23.3. The van der Waals surface area contributed by atoms with E-state index in [4.69, 9.17) is 4.74 Å². The van der Waals surface area contributed by atoms with Crippen LogP contribution in [0, 0.1) is 17.0 Å². The lowest BCUT2D eigenvalue weighted by Crippen LogP contribution is -2.17. The molecule has 0 saturated carbocycles. The fraction of sp³-hybridized carbons (Fsp3) is 0.0952. The van der Waals surface area contributed by atoms with Crippen molar-refractivity contribution >= 4 is 28.1 Å². The highest BCUT2D eigenvalue weighted by atomic mass is 19.4. The Morgan fingerprint density at radius 2 is 1.79 bits per heavy atom. The van der Waals surface area contributed by atoms with Crippen LogP contribution in [-0.2, 0) is 0 Å². The van der Waals surface area contributed by atoms with Crippen LogP contribution in [0.25, 0.3) is 10.9 Å². The molecule has 0 aliphatic carbocycles. The molecule has 0 amide bonds. The maximum absolute atomic E-state index is 12.3. The predicted molar refractivity (Wildman–Crippen MR) is 112 cm³/mol. The number of ether oxygens (including phenoxy) is 2. The van der Waals surface area contributed by atoms with Crippen molar-refractivity contribution in [3.8, 4) is 17.4 Å². The molecule has 0 unspecified atom stereocenters. The van der Waals surface area contributed by atoms with Gasteiger partial charge in [0.2, 0.25) is 5.82 Å². The Morgan fingerprint density at radius 1 is 1.03 bits per heavy atom. The number of fused-ring (bicyclic) bond motifs is 1. The number of pyridine rings is 1. The molecule has 0 aliphatic heterocycles. The van der Waals surface area contributed by atoms with Crippen LogP contribution in [-0.4, -0.2) is 26.2 Å². The molecule has 9 nitrogen and oxygen atoms in total. The van der Waals surface area contributed by atoms with E-state index in [1.54, 1.807) is 19.1 Å². The Morgan fingerprint density at radius 3 is 2.48 bits per heavy atom. The van der Waals surface area contributed by atoms with Crippen molar-refractivity contribution in [3.63, 3.8) is 0 Å². The summed E-state index contributed by atoms with van der Waals surface area (Å²) < 4.78 is 46.5. The van der Waals surface area contributed by atoms with Gasteiger partial charge in [0.1, 0.15) is 17.6 Å². The molecule has 4 aromatic rings. The van der Waals surface area contributed by atoms with Gasteiger partial charge in [-0.1, -0.05) is 18.2 Å². The minimum absolute atomic E-state index is 0.209. The number of aryl methyl sites for hydroxylation is 1. The Kier molecular flexibility index (Phi) is 5.65. The van der Waals surface area contributed by atoms with Crippen LogP contribution in [0.1, 0.15) is 5.69 Å². The minimum Gasteiger partial charge on any atom is -0.431 e. The monoisotopic (exact) mass is 457 g/mol. The summed E-state index contributed by atoms with van der Waals surface area (Å²) in [6.45, 7) is 1.80. The molecule has 0 saturated heterocycles. The third kappa shape index (κ3) is 5.06. The van der Waals surface area contributed by atoms with Crippen LogP contribution in [0.5, 0.6) is 17.4 Å². The molecule has 0 atom stereocenters. The Bertz CT molecular complexity index is 1330. The lowest BCUT2D eigenvalue weighted by Gasteiger charge is -2.12. The number of hydrogen-bond donors (Lipinski definition) is 1. The molecule has 4 rings (SSSR count). The van der Waals surface area contributed by atoms with E-state index in [1.165, 1.54) is 12.1 Å². The third-order valence-corrected chi connectivity index (χ3v) is 4.35. The summed E-state index contributed by atoms with van der Waals surface area (Å²) >= 11 is 0. The molecule has 0 radical (unpaired) electrons. The second-order valence-corrected chi connectivity index (χ2v) is 6.71. The first kappa shape index (κ1) is 21.7. The fourth-order valence-corrected chi connectivity index (χ4v) is 2.97. The molecule has 12 heteroatoms. The molecule has 2 aromatic heterocycles. The first-order valence-electron chi connectivity index (χ1n) is 9.36. The summed E-state index contributed by atoms with van der Waals surface area (Å²) in [6, 6.07) is 13.4. The Balaban J connectivity index is 1.66. The quantitative estimate of drug-likeness (QED) is 0.291. The van der Waals surface area contributed by atoms with Crippen molar-refractivity contribution in [2.45, 2.75) is 13.3 Å². The van der Waals surface area contributed by atoms with Crippen molar-refractivity contribution < 1.29 is 27.6 Å². The first-order valence-corrected chi connectivity index (χ1v) is 9.36. The molecule has 0 bridgehead atoms. The molecule has 168 valence electrons. The van der Waals surface area contributed by atoms with Gasteiger partial charge in [0.25, 0.3) is 0 Å². The normalized spacial score (nSPS) is 11.3. The summed E-state index contributed by atoms with van der Waals surface area (Å²) in [5.41, 5.74) is 0.911. The van der Waals surface area contributed by atoms with Gasteiger partial charge in [0, 0.05) is 16.8 Å². The van der Waals surface area contributed by atoms with Crippen molar-refractivity contribution in [1.82, 2.24) is 15.0 Å². The van der Waals surface area contributed by atoms with Crippen LogP contribution in [0.2, 0.25) is 0 Å². The van der Waals surface area contributed by atoms with Crippen LogP contribution < -0.4 is 14.8 Å². The number of alkyl halides is 3. The smallest absolute Gasteiger partial charge is 0.431 e. The Labute approximate surface area is 184 Å². The van der Waals surface area contributed by atoms with Gasteiger partial charge < -0.3 is 14.8 Å². The molecular formula is C21H14F3N5O4. The van der Waals surface area contributed by atoms with Crippen molar-refractivity contribution in [3.05, 3.63) is 76.7 Å². The number of nitrogens with zero attached hydrogens (tertiary/aromatic N) is 4. The van der Waals surface area contributed by atoms with Gasteiger partial charge in [-0.3, -0.25) is 10.1 Å². The number of nitro groups is 1. The highest BCUT2D eigenvalue weighted by Crippen LogP contribution is 2.37. The number of halogens is 3. The van der Waals surface area contributed by atoms with E-state index in [0.29, 0.717) is 5.52 Å². The molecular weight excluding hydrogens is 443 g/mol. The molecule has 1 N–H and O–H groups in total. The van der Waals surface area contributed by atoms with Gasteiger partial charge in [-0.2, -0.15) is 4.98 Å². The maximum Gasteiger partial charge on any atom is 0.573 e. The van der Waals surface area contributed by atoms with E-state index >= 15 is 0 Å². The molecule has 2 heterocycles. The minimum atomic E-state index is -4.83. The number of para-hydroxylation sites is 1. The average molecular weight is 457 g/mol. The number of hydrogen-bond acceptors (Lipinski definition) is 8. The topological polar surface area (TPSA) is 112 Å². The van der Waals surface area contributed by atoms with E-state index in [9.17, 15) is 23.3 Å². The molecule has 0 aliphatic rings. The predicted octanol–water partition coefficient (Wildman–Crippen LogP) is 5.68. The number of benzene rings is 2.